The lowest BCUT2D eigenvalue weighted by atomic mass is 9.88. The third-order valence-corrected chi connectivity index (χ3v) is 5.59. The van der Waals surface area contributed by atoms with Crippen molar-refractivity contribution >= 4 is 5.69 Å². The van der Waals surface area contributed by atoms with Crippen LogP contribution in [0.3, 0.4) is 0 Å². The molecule has 110 valence electrons. The van der Waals surface area contributed by atoms with Crippen LogP contribution in [-0.4, -0.2) is 13.6 Å². The van der Waals surface area contributed by atoms with Gasteiger partial charge in [-0.1, -0.05) is 25.5 Å². The fraction of sp³-hybridized carbons (Fsp3) is 0.667. The maximum atomic E-state index is 6.08. The third kappa shape index (κ3) is 2.71. The van der Waals surface area contributed by atoms with Crippen molar-refractivity contribution < 1.29 is 0 Å². The van der Waals surface area contributed by atoms with Gasteiger partial charge in [0.05, 0.1) is 0 Å². The molecule has 3 unspecified atom stereocenters. The maximum Gasteiger partial charge on any atom is 0.0363 e. The van der Waals surface area contributed by atoms with Crippen molar-refractivity contribution in [1.29, 1.82) is 0 Å². The second-order valence-electron chi connectivity index (χ2n) is 6.92. The van der Waals surface area contributed by atoms with Crippen LogP contribution in [0.1, 0.15) is 50.6 Å². The number of nitrogens with zero attached hydrogens (tertiary/aromatic N) is 1. The molecule has 2 heteroatoms. The Morgan fingerprint density at radius 3 is 2.50 bits per heavy atom. The van der Waals surface area contributed by atoms with Gasteiger partial charge in [0.15, 0.2) is 0 Å². The van der Waals surface area contributed by atoms with E-state index < -0.39 is 0 Å². The van der Waals surface area contributed by atoms with Gasteiger partial charge in [-0.15, -0.1) is 0 Å². The van der Waals surface area contributed by atoms with E-state index in [1.165, 1.54) is 43.5 Å². The standard InChI is InChI=1S/C18H28N2/c1-3-18(19)14-6-8-17(9-7-14)20(2)12-16-11-13-4-5-15(16)10-13/h6-9,13,15-16,18H,3-5,10-12,19H2,1-2H3/t13?,15?,16?,18-/m1/s1. The quantitative estimate of drug-likeness (QED) is 0.879. The predicted octanol–water partition coefficient (Wildman–Crippen LogP) is 3.97. The molecule has 0 spiro atoms. The van der Waals surface area contributed by atoms with E-state index in [0.717, 1.165) is 24.2 Å². The molecule has 20 heavy (non-hydrogen) atoms. The van der Waals surface area contributed by atoms with Crippen molar-refractivity contribution in [3.05, 3.63) is 29.8 Å². The van der Waals surface area contributed by atoms with Crippen LogP contribution >= 0.6 is 0 Å². The van der Waals surface area contributed by atoms with E-state index in [1.807, 2.05) is 0 Å². The Hall–Kier alpha value is -1.02. The summed E-state index contributed by atoms with van der Waals surface area (Å²) < 4.78 is 0. The van der Waals surface area contributed by atoms with Crippen LogP contribution in [0, 0.1) is 17.8 Å². The van der Waals surface area contributed by atoms with Gasteiger partial charge < -0.3 is 10.6 Å². The van der Waals surface area contributed by atoms with Gasteiger partial charge in [-0.05, 0) is 61.1 Å². The summed E-state index contributed by atoms with van der Waals surface area (Å²) >= 11 is 0. The van der Waals surface area contributed by atoms with E-state index in [9.17, 15) is 0 Å². The Kier molecular flexibility index (Phi) is 4.02. The van der Waals surface area contributed by atoms with Crippen LogP contribution in [0.25, 0.3) is 0 Å². The molecule has 0 heterocycles. The minimum Gasteiger partial charge on any atom is -0.374 e. The van der Waals surface area contributed by atoms with Crippen molar-refractivity contribution in [1.82, 2.24) is 0 Å². The highest BCUT2D eigenvalue weighted by Crippen LogP contribution is 2.48. The van der Waals surface area contributed by atoms with Crippen molar-refractivity contribution in [3.63, 3.8) is 0 Å². The minimum atomic E-state index is 0.180. The summed E-state index contributed by atoms with van der Waals surface area (Å²) in [6.45, 7) is 3.36. The van der Waals surface area contributed by atoms with E-state index in [1.54, 1.807) is 0 Å². The zero-order valence-corrected chi connectivity index (χ0v) is 12.9. The lowest BCUT2D eigenvalue weighted by Gasteiger charge is -2.28. The molecule has 2 nitrogen and oxygen atoms in total. The number of fused-ring (bicyclic) bond motifs is 2. The van der Waals surface area contributed by atoms with Crippen LogP contribution in [0.4, 0.5) is 5.69 Å². The number of benzene rings is 1. The molecule has 0 aliphatic heterocycles. The van der Waals surface area contributed by atoms with Crippen LogP contribution in [0.2, 0.25) is 0 Å². The van der Waals surface area contributed by atoms with E-state index in [2.05, 4.69) is 43.1 Å². The Labute approximate surface area is 123 Å². The zero-order valence-electron chi connectivity index (χ0n) is 12.9. The molecule has 3 rings (SSSR count). The highest BCUT2D eigenvalue weighted by Gasteiger charge is 2.39. The Morgan fingerprint density at radius 1 is 1.20 bits per heavy atom. The Morgan fingerprint density at radius 2 is 1.95 bits per heavy atom. The fourth-order valence-electron chi connectivity index (χ4n) is 4.27. The Bertz CT molecular complexity index is 439. The van der Waals surface area contributed by atoms with Gasteiger partial charge in [0.25, 0.3) is 0 Å². The van der Waals surface area contributed by atoms with Gasteiger partial charge in [-0.25, -0.2) is 0 Å². The molecule has 0 amide bonds. The van der Waals surface area contributed by atoms with Crippen molar-refractivity contribution in [3.8, 4) is 0 Å². The average Bonchev–Trinajstić information content (AvgIpc) is 3.09. The summed E-state index contributed by atoms with van der Waals surface area (Å²) in [5.74, 6) is 2.98. The summed E-state index contributed by atoms with van der Waals surface area (Å²) in [5.41, 5.74) is 8.67. The molecule has 0 radical (unpaired) electrons. The van der Waals surface area contributed by atoms with Gasteiger partial charge in [-0.2, -0.15) is 0 Å². The van der Waals surface area contributed by atoms with Crippen LogP contribution < -0.4 is 10.6 Å². The van der Waals surface area contributed by atoms with Crippen LogP contribution in [0.5, 0.6) is 0 Å². The summed E-state index contributed by atoms with van der Waals surface area (Å²) in [6, 6.07) is 9.04. The summed E-state index contributed by atoms with van der Waals surface area (Å²) in [4.78, 5) is 2.44. The van der Waals surface area contributed by atoms with Crippen molar-refractivity contribution in [2.75, 3.05) is 18.5 Å². The second-order valence-corrected chi connectivity index (χ2v) is 6.92. The molecule has 2 N–H and O–H groups in total. The smallest absolute Gasteiger partial charge is 0.0363 e. The van der Waals surface area contributed by atoms with Crippen LogP contribution in [0.15, 0.2) is 24.3 Å². The molecule has 2 saturated carbocycles. The molecule has 0 aromatic heterocycles. The predicted molar refractivity (Wildman–Crippen MR) is 85.9 cm³/mol. The largest absolute Gasteiger partial charge is 0.374 e. The SMILES string of the molecule is CC[C@@H](N)c1ccc(N(C)CC2CC3CCC2C3)cc1. The van der Waals surface area contributed by atoms with Gasteiger partial charge in [0.1, 0.15) is 0 Å². The van der Waals surface area contributed by atoms with Gasteiger partial charge in [-0.3, -0.25) is 0 Å². The van der Waals surface area contributed by atoms with Crippen LogP contribution in [-0.2, 0) is 0 Å². The molecule has 1 aromatic rings. The first-order chi connectivity index (χ1) is 9.67. The number of anilines is 1. The lowest BCUT2D eigenvalue weighted by molar-refractivity contribution is 0.337. The number of rotatable bonds is 5. The van der Waals surface area contributed by atoms with E-state index in [-0.39, 0.29) is 6.04 Å². The molecule has 0 saturated heterocycles. The number of nitrogens with two attached hydrogens (primary N) is 1. The Balaban J connectivity index is 1.61. The monoisotopic (exact) mass is 272 g/mol. The number of hydrogen-bond acceptors (Lipinski definition) is 2. The molecule has 4 atom stereocenters. The van der Waals surface area contributed by atoms with Gasteiger partial charge in [0, 0.05) is 25.3 Å². The summed E-state index contributed by atoms with van der Waals surface area (Å²) in [7, 11) is 2.24. The van der Waals surface area contributed by atoms with Gasteiger partial charge in [0.2, 0.25) is 0 Å². The zero-order chi connectivity index (χ0) is 14.1. The third-order valence-electron chi connectivity index (χ3n) is 5.59. The van der Waals surface area contributed by atoms with Crippen molar-refractivity contribution in [2.45, 2.75) is 45.1 Å². The van der Waals surface area contributed by atoms with Gasteiger partial charge >= 0.3 is 0 Å². The summed E-state index contributed by atoms with van der Waals surface area (Å²) in [5, 5.41) is 0. The molecule has 2 fully saturated rings. The molecule has 2 aliphatic carbocycles. The normalized spacial score (nSPS) is 29.6. The van der Waals surface area contributed by atoms with E-state index in [0.29, 0.717) is 0 Å². The number of hydrogen-bond donors (Lipinski definition) is 1. The first kappa shape index (κ1) is 13.9. The first-order valence-electron chi connectivity index (χ1n) is 8.24. The molecule has 2 bridgehead atoms. The lowest BCUT2D eigenvalue weighted by Crippen LogP contribution is -2.28. The summed E-state index contributed by atoms with van der Waals surface area (Å²) in [6.07, 6.45) is 6.94. The molecular weight excluding hydrogens is 244 g/mol. The molecular formula is C18H28N2. The van der Waals surface area contributed by atoms with E-state index in [4.69, 9.17) is 5.73 Å². The minimum absolute atomic E-state index is 0.180. The fourth-order valence-corrected chi connectivity index (χ4v) is 4.27. The highest BCUT2D eigenvalue weighted by atomic mass is 15.1. The molecule has 1 aromatic carbocycles. The van der Waals surface area contributed by atoms with Crippen molar-refractivity contribution in [2.24, 2.45) is 23.5 Å². The average molecular weight is 272 g/mol. The second kappa shape index (κ2) is 5.77. The first-order valence-corrected chi connectivity index (χ1v) is 8.24. The topological polar surface area (TPSA) is 29.3 Å². The highest BCUT2D eigenvalue weighted by molar-refractivity contribution is 5.47. The maximum absolute atomic E-state index is 6.08. The van der Waals surface area contributed by atoms with E-state index >= 15 is 0 Å². The molecule has 2 aliphatic rings.